The van der Waals surface area contributed by atoms with Gasteiger partial charge in [-0.2, -0.15) is 0 Å². The van der Waals surface area contributed by atoms with Gasteiger partial charge in [-0.1, -0.05) is 32.9 Å². The Kier molecular flexibility index (Phi) is 3.07. The average Bonchev–Trinajstić information content (AvgIpc) is 2.33. The zero-order valence-electron chi connectivity index (χ0n) is 9.04. The molecule has 0 saturated carbocycles. The Morgan fingerprint density at radius 1 is 1.38 bits per heavy atom. The van der Waals surface area contributed by atoms with Crippen molar-refractivity contribution in [3.05, 3.63) is 11.9 Å². The molecule has 0 aliphatic rings. The van der Waals surface area contributed by atoms with Crippen LogP contribution in [0.5, 0.6) is 0 Å². The smallest absolute Gasteiger partial charge is 0.0832 e. The number of aryl methyl sites for hydroxylation is 1. The van der Waals surface area contributed by atoms with E-state index in [1.165, 1.54) is 0 Å². The molecule has 0 N–H and O–H groups in total. The molecule has 0 unspecified atom stereocenters. The lowest BCUT2D eigenvalue weighted by molar-refractivity contribution is 0.406. The predicted molar refractivity (Wildman–Crippen MR) is 53.5 cm³/mol. The van der Waals surface area contributed by atoms with Gasteiger partial charge in [-0.25, -0.2) is 0 Å². The van der Waals surface area contributed by atoms with Crippen LogP contribution in [0.15, 0.2) is 6.20 Å². The minimum Gasteiger partial charge on any atom is -0.252 e. The van der Waals surface area contributed by atoms with Gasteiger partial charge >= 0.3 is 0 Å². The molecule has 1 heterocycles. The summed E-state index contributed by atoms with van der Waals surface area (Å²) in [7, 11) is 0. The third-order valence-electron chi connectivity index (χ3n) is 1.75. The van der Waals surface area contributed by atoms with Gasteiger partial charge in [0.05, 0.1) is 5.69 Å². The van der Waals surface area contributed by atoms with Crippen molar-refractivity contribution in [3.8, 4) is 0 Å². The Hall–Kier alpha value is -0.860. The Balaban J connectivity index is 2.59. The van der Waals surface area contributed by atoms with E-state index in [2.05, 4.69) is 44.2 Å². The number of aromatic nitrogens is 3. The Morgan fingerprint density at radius 2 is 2.08 bits per heavy atom. The molecule has 1 rings (SSSR count). The first kappa shape index (κ1) is 10.2. The van der Waals surface area contributed by atoms with E-state index in [0.717, 1.165) is 25.1 Å². The minimum atomic E-state index is 0.299. The van der Waals surface area contributed by atoms with Gasteiger partial charge in [-0.3, -0.25) is 4.68 Å². The number of rotatable bonds is 3. The molecule has 1 aromatic heterocycles. The van der Waals surface area contributed by atoms with Crippen LogP contribution in [0.25, 0.3) is 0 Å². The first-order valence-corrected chi connectivity index (χ1v) is 4.90. The molecule has 0 fully saturated rings. The van der Waals surface area contributed by atoms with Gasteiger partial charge < -0.3 is 0 Å². The van der Waals surface area contributed by atoms with E-state index in [1.54, 1.807) is 0 Å². The first-order valence-electron chi connectivity index (χ1n) is 4.90. The van der Waals surface area contributed by atoms with Crippen LogP contribution in [0.1, 0.15) is 39.8 Å². The predicted octanol–water partition coefficient (Wildman–Crippen LogP) is 2.28. The molecular formula is C10H19N3. The third-order valence-corrected chi connectivity index (χ3v) is 1.75. The maximum absolute atomic E-state index is 4.13. The summed E-state index contributed by atoms with van der Waals surface area (Å²) in [6.45, 7) is 9.76. The molecule has 0 atom stereocenters. The summed E-state index contributed by atoms with van der Waals surface area (Å²) in [5, 5.41) is 8.19. The molecule has 3 nitrogen and oxygen atoms in total. The second-order valence-corrected chi connectivity index (χ2v) is 4.71. The molecular weight excluding hydrogens is 162 g/mol. The van der Waals surface area contributed by atoms with Crippen molar-refractivity contribution in [2.75, 3.05) is 0 Å². The van der Waals surface area contributed by atoms with Crippen LogP contribution in [0, 0.1) is 5.41 Å². The minimum absolute atomic E-state index is 0.299. The lowest BCUT2D eigenvalue weighted by Gasteiger charge is -2.15. The second-order valence-electron chi connectivity index (χ2n) is 4.71. The van der Waals surface area contributed by atoms with E-state index in [0.29, 0.717) is 5.41 Å². The van der Waals surface area contributed by atoms with Crippen LogP contribution < -0.4 is 0 Å². The van der Waals surface area contributed by atoms with Crippen LogP contribution in [0.2, 0.25) is 0 Å². The van der Waals surface area contributed by atoms with Gasteiger partial charge in [0.15, 0.2) is 0 Å². The monoisotopic (exact) mass is 181 g/mol. The standard InChI is InChI=1S/C10H19N3/c1-5-6-13-8-9(11-12-13)7-10(2,3)4/h8H,5-7H2,1-4H3. The fourth-order valence-electron chi connectivity index (χ4n) is 1.30. The van der Waals surface area contributed by atoms with Gasteiger partial charge in [-0.15, -0.1) is 5.10 Å². The lowest BCUT2D eigenvalue weighted by atomic mass is 9.91. The summed E-state index contributed by atoms with van der Waals surface area (Å²) in [5.41, 5.74) is 1.40. The molecule has 0 aliphatic heterocycles. The largest absolute Gasteiger partial charge is 0.252 e. The topological polar surface area (TPSA) is 30.7 Å². The SMILES string of the molecule is CCCn1cc(CC(C)(C)C)nn1. The van der Waals surface area contributed by atoms with Gasteiger partial charge in [0.2, 0.25) is 0 Å². The molecule has 0 bridgehead atoms. The maximum atomic E-state index is 4.13. The number of hydrogen-bond donors (Lipinski definition) is 0. The highest BCUT2D eigenvalue weighted by molar-refractivity contribution is 4.95. The summed E-state index contributed by atoms with van der Waals surface area (Å²) >= 11 is 0. The molecule has 74 valence electrons. The van der Waals surface area contributed by atoms with Crippen LogP contribution in [0.3, 0.4) is 0 Å². The Bertz CT molecular complexity index is 257. The van der Waals surface area contributed by atoms with E-state index in [9.17, 15) is 0 Å². The van der Waals surface area contributed by atoms with Gasteiger partial charge in [0.25, 0.3) is 0 Å². The van der Waals surface area contributed by atoms with E-state index in [4.69, 9.17) is 0 Å². The van der Waals surface area contributed by atoms with Crippen molar-refractivity contribution >= 4 is 0 Å². The zero-order valence-corrected chi connectivity index (χ0v) is 9.04. The van der Waals surface area contributed by atoms with Crippen LogP contribution >= 0.6 is 0 Å². The lowest BCUT2D eigenvalue weighted by Crippen LogP contribution is -2.09. The normalized spacial score (nSPS) is 12.0. The zero-order chi connectivity index (χ0) is 9.90. The quantitative estimate of drug-likeness (QED) is 0.716. The van der Waals surface area contributed by atoms with Crippen molar-refractivity contribution in [2.45, 2.75) is 47.1 Å². The van der Waals surface area contributed by atoms with Gasteiger partial charge in [0.1, 0.15) is 0 Å². The van der Waals surface area contributed by atoms with E-state index < -0.39 is 0 Å². The molecule has 0 spiro atoms. The molecule has 0 aromatic carbocycles. The van der Waals surface area contributed by atoms with Crippen LogP contribution in [-0.4, -0.2) is 15.0 Å². The second kappa shape index (κ2) is 3.90. The van der Waals surface area contributed by atoms with Gasteiger partial charge in [-0.05, 0) is 18.3 Å². The van der Waals surface area contributed by atoms with Crippen molar-refractivity contribution in [3.63, 3.8) is 0 Å². The molecule has 0 saturated heterocycles. The molecule has 13 heavy (non-hydrogen) atoms. The molecule has 0 aliphatic carbocycles. The summed E-state index contributed by atoms with van der Waals surface area (Å²) < 4.78 is 1.92. The fourth-order valence-corrected chi connectivity index (χ4v) is 1.30. The van der Waals surface area contributed by atoms with E-state index >= 15 is 0 Å². The highest BCUT2D eigenvalue weighted by atomic mass is 15.4. The molecule has 0 radical (unpaired) electrons. The highest BCUT2D eigenvalue weighted by Crippen LogP contribution is 2.18. The summed E-state index contributed by atoms with van der Waals surface area (Å²) in [5.74, 6) is 0. The summed E-state index contributed by atoms with van der Waals surface area (Å²) in [6.07, 6.45) is 4.16. The van der Waals surface area contributed by atoms with Gasteiger partial charge in [0, 0.05) is 12.7 Å². The maximum Gasteiger partial charge on any atom is 0.0832 e. The van der Waals surface area contributed by atoms with Crippen LogP contribution in [-0.2, 0) is 13.0 Å². The molecule has 0 amide bonds. The van der Waals surface area contributed by atoms with Crippen LogP contribution in [0.4, 0.5) is 0 Å². The Morgan fingerprint density at radius 3 is 2.62 bits per heavy atom. The average molecular weight is 181 g/mol. The summed E-state index contributed by atoms with van der Waals surface area (Å²) in [4.78, 5) is 0. The van der Waals surface area contributed by atoms with E-state index in [1.807, 2.05) is 4.68 Å². The number of hydrogen-bond acceptors (Lipinski definition) is 2. The molecule has 3 heteroatoms. The fraction of sp³-hybridized carbons (Fsp3) is 0.800. The first-order chi connectivity index (χ1) is 6.01. The van der Waals surface area contributed by atoms with Crippen molar-refractivity contribution < 1.29 is 0 Å². The van der Waals surface area contributed by atoms with Crippen molar-refractivity contribution in [2.24, 2.45) is 5.41 Å². The van der Waals surface area contributed by atoms with E-state index in [-0.39, 0.29) is 0 Å². The van der Waals surface area contributed by atoms with Crippen molar-refractivity contribution in [1.82, 2.24) is 15.0 Å². The Labute approximate surface area is 80.1 Å². The van der Waals surface area contributed by atoms with Crippen molar-refractivity contribution in [1.29, 1.82) is 0 Å². The highest BCUT2D eigenvalue weighted by Gasteiger charge is 2.13. The number of nitrogens with zero attached hydrogens (tertiary/aromatic N) is 3. The third kappa shape index (κ3) is 3.57. The summed E-state index contributed by atoms with van der Waals surface area (Å²) in [6, 6.07) is 0. The molecule has 1 aromatic rings.